The lowest BCUT2D eigenvalue weighted by molar-refractivity contribution is -0.187. The van der Waals surface area contributed by atoms with E-state index in [1.807, 2.05) is 6.92 Å². The van der Waals surface area contributed by atoms with Gasteiger partial charge in [-0.25, -0.2) is 9.59 Å². The number of benzene rings is 1. The molecule has 2 rings (SSSR count). The van der Waals surface area contributed by atoms with Crippen LogP contribution in [0, 0.1) is 6.92 Å². The van der Waals surface area contributed by atoms with Crippen LogP contribution in [0.1, 0.15) is 31.1 Å². The van der Waals surface area contributed by atoms with E-state index in [1.54, 1.807) is 32.0 Å². The molecule has 21 heavy (non-hydrogen) atoms. The van der Waals surface area contributed by atoms with Crippen LogP contribution in [-0.2, 0) is 19.1 Å². The maximum Gasteiger partial charge on any atom is 0.365 e. The average Bonchev–Trinajstić information content (AvgIpc) is 2.73. The van der Waals surface area contributed by atoms with E-state index in [0.717, 1.165) is 5.56 Å². The first-order valence-electron chi connectivity index (χ1n) is 6.79. The van der Waals surface area contributed by atoms with Crippen LogP contribution in [0.25, 0.3) is 0 Å². The van der Waals surface area contributed by atoms with Gasteiger partial charge in [-0.05, 0) is 32.4 Å². The summed E-state index contributed by atoms with van der Waals surface area (Å²) < 4.78 is 15.3. The summed E-state index contributed by atoms with van der Waals surface area (Å²) in [5.41, 5.74) is -0.950. The molecule has 0 radical (unpaired) electrons. The van der Waals surface area contributed by atoms with Gasteiger partial charge in [0.15, 0.2) is 0 Å². The lowest BCUT2D eigenvalue weighted by Crippen LogP contribution is -2.55. The minimum atomic E-state index is -2.19. The van der Waals surface area contributed by atoms with Crippen LogP contribution in [-0.4, -0.2) is 35.9 Å². The fourth-order valence-corrected chi connectivity index (χ4v) is 2.27. The van der Waals surface area contributed by atoms with Gasteiger partial charge in [0.2, 0.25) is 0 Å². The van der Waals surface area contributed by atoms with E-state index >= 15 is 0 Å². The third-order valence-electron chi connectivity index (χ3n) is 3.28. The van der Waals surface area contributed by atoms with E-state index < -0.39 is 23.6 Å². The minimum Gasteiger partial charge on any atom is -0.462 e. The summed E-state index contributed by atoms with van der Waals surface area (Å²) in [5.74, 6) is -1.63. The average molecular weight is 294 g/mol. The summed E-state index contributed by atoms with van der Waals surface area (Å²) >= 11 is 0. The zero-order valence-corrected chi connectivity index (χ0v) is 12.2. The van der Waals surface area contributed by atoms with Crippen molar-refractivity contribution < 1.29 is 28.9 Å². The van der Waals surface area contributed by atoms with Crippen molar-refractivity contribution in [3.63, 3.8) is 0 Å². The molecule has 1 atom stereocenters. The predicted molar refractivity (Wildman–Crippen MR) is 72.8 cm³/mol. The summed E-state index contributed by atoms with van der Waals surface area (Å²) in [6, 6.07) is 5.03. The van der Waals surface area contributed by atoms with Crippen LogP contribution in [0.3, 0.4) is 0 Å². The van der Waals surface area contributed by atoms with Crippen molar-refractivity contribution in [1.29, 1.82) is 0 Å². The molecule has 6 nitrogen and oxygen atoms in total. The largest absolute Gasteiger partial charge is 0.462 e. The van der Waals surface area contributed by atoms with E-state index in [2.05, 4.69) is 0 Å². The van der Waals surface area contributed by atoms with Crippen LogP contribution in [0.5, 0.6) is 5.75 Å². The topological polar surface area (TPSA) is 82.1 Å². The van der Waals surface area contributed by atoms with Gasteiger partial charge in [-0.3, -0.25) is 0 Å². The van der Waals surface area contributed by atoms with Crippen molar-refractivity contribution in [2.45, 2.75) is 32.5 Å². The Kier molecular flexibility index (Phi) is 4.18. The van der Waals surface area contributed by atoms with E-state index in [-0.39, 0.29) is 19.0 Å². The predicted octanol–water partition coefficient (Wildman–Crippen LogP) is 1.29. The quantitative estimate of drug-likeness (QED) is 0.665. The standard InChI is InChI=1S/C15H18O6/c1-4-19-13(17)15(14(18)20-5-2)12(16)10-7-6-9(3)8-11(10)21-15/h6-8,12,16H,4-5H2,1-3H3. The molecule has 0 saturated heterocycles. The van der Waals surface area contributed by atoms with Gasteiger partial charge in [0, 0.05) is 5.56 Å². The van der Waals surface area contributed by atoms with E-state index in [9.17, 15) is 14.7 Å². The summed E-state index contributed by atoms with van der Waals surface area (Å²) in [5, 5.41) is 10.4. The molecule has 1 aliphatic heterocycles. The van der Waals surface area contributed by atoms with Crippen LogP contribution in [0.15, 0.2) is 18.2 Å². The smallest absolute Gasteiger partial charge is 0.365 e. The van der Waals surface area contributed by atoms with Gasteiger partial charge in [0.25, 0.3) is 0 Å². The Bertz CT molecular complexity index is 547. The van der Waals surface area contributed by atoms with Gasteiger partial charge in [0.1, 0.15) is 11.9 Å². The third kappa shape index (κ3) is 2.35. The summed E-state index contributed by atoms with van der Waals surface area (Å²) in [4.78, 5) is 24.5. The summed E-state index contributed by atoms with van der Waals surface area (Å²) in [7, 11) is 0. The minimum absolute atomic E-state index is 0.0610. The Balaban J connectivity index is 2.48. The van der Waals surface area contributed by atoms with Crippen molar-refractivity contribution >= 4 is 11.9 Å². The number of aliphatic hydroxyl groups excluding tert-OH is 1. The van der Waals surface area contributed by atoms with Crippen LogP contribution >= 0.6 is 0 Å². The molecule has 1 aliphatic rings. The molecule has 1 unspecified atom stereocenters. The molecular weight excluding hydrogens is 276 g/mol. The molecule has 114 valence electrons. The molecule has 0 spiro atoms. The summed E-state index contributed by atoms with van der Waals surface area (Å²) in [6.45, 7) is 5.17. The fourth-order valence-electron chi connectivity index (χ4n) is 2.27. The number of hydrogen-bond acceptors (Lipinski definition) is 6. The van der Waals surface area contributed by atoms with Gasteiger partial charge in [-0.15, -0.1) is 0 Å². The highest BCUT2D eigenvalue weighted by Crippen LogP contribution is 2.45. The number of aliphatic hydroxyl groups is 1. The zero-order valence-electron chi connectivity index (χ0n) is 12.2. The first-order chi connectivity index (χ1) is 9.97. The van der Waals surface area contributed by atoms with Gasteiger partial charge >= 0.3 is 17.5 Å². The van der Waals surface area contributed by atoms with Gasteiger partial charge < -0.3 is 19.3 Å². The Morgan fingerprint density at radius 1 is 1.24 bits per heavy atom. The number of esters is 2. The Morgan fingerprint density at radius 3 is 2.33 bits per heavy atom. The molecule has 0 aromatic heterocycles. The van der Waals surface area contributed by atoms with Crippen molar-refractivity contribution in [3.8, 4) is 5.75 Å². The second kappa shape index (κ2) is 5.73. The lowest BCUT2D eigenvalue weighted by Gasteiger charge is -2.26. The second-order valence-electron chi connectivity index (χ2n) is 4.72. The Morgan fingerprint density at radius 2 is 1.81 bits per heavy atom. The van der Waals surface area contributed by atoms with Gasteiger partial charge in [-0.2, -0.15) is 0 Å². The van der Waals surface area contributed by atoms with Crippen molar-refractivity contribution in [3.05, 3.63) is 29.3 Å². The van der Waals surface area contributed by atoms with E-state index in [1.165, 1.54) is 0 Å². The highest BCUT2D eigenvalue weighted by molar-refractivity contribution is 6.06. The molecule has 1 N–H and O–H groups in total. The van der Waals surface area contributed by atoms with Crippen LogP contribution in [0.4, 0.5) is 0 Å². The van der Waals surface area contributed by atoms with E-state index in [0.29, 0.717) is 5.56 Å². The molecule has 0 saturated carbocycles. The van der Waals surface area contributed by atoms with Crippen molar-refractivity contribution in [2.24, 2.45) is 0 Å². The fraction of sp³-hybridized carbons (Fsp3) is 0.467. The zero-order chi connectivity index (χ0) is 15.6. The molecule has 1 heterocycles. The second-order valence-corrected chi connectivity index (χ2v) is 4.72. The number of ether oxygens (including phenoxy) is 3. The number of carbonyl (C=O) groups is 2. The normalized spacial score (nSPS) is 18.6. The Labute approximate surface area is 122 Å². The highest BCUT2D eigenvalue weighted by atomic mass is 16.6. The van der Waals surface area contributed by atoms with E-state index in [4.69, 9.17) is 14.2 Å². The molecule has 6 heteroatoms. The third-order valence-corrected chi connectivity index (χ3v) is 3.28. The number of rotatable bonds is 4. The lowest BCUT2D eigenvalue weighted by atomic mass is 9.93. The number of hydrogen-bond donors (Lipinski definition) is 1. The maximum absolute atomic E-state index is 12.2. The van der Waals surface area contributed by atoms with Crippen molar-refractivity contribution in [2.75, 3.05) is 13.2 Å². The molecule has 0 bridgehead atoms. The molecule has 0 fully saturated rings. The number of aryl methyl sites for hydroxylation is 1. The Hall–Kier alpha value is -2.08. The maximum atomic E-state index is 12.2. The molecule has 1 aromatic rings. The number of carbonyl (C=O) groups excluding carboxylic acids is 2. The molecule has 1 aromatic carbocycles. The molecular formula is C15H18O6. The number of fused-ring (bicyclic) bond motifs is 1. The summed E-state index contributed by atoms with van der Waals surface area (Å²) in [6.07, 6.45) is -1.47. The van der Waals surface area contributed by atoms with Crippen molar-refractivity contribution in [1.82, 2.24) is 0 Å². The first kappa shape index (κ1) is 15.3. The van der Waals surface area contributed by atoms with Gasteiger partial charge in [-0.1, -0.05) is 12.1 Å². The highest BCUT2D eigenvalue weighted by Gasteiger charge is 2.62. The van der Waals surface area contributed by atoms with Gasteiger partial charge in [0.05, 0.1) is 13.2 Å². The SMILES string of the molecule is CCOC(=O)C1(C(=O)OCC)Oc2cc(C)ccc2C1O. The monoisotopic (exact) mass is 294 g/mol. The van der Waals surface area contributed by atoms with Crippen LogP contribution < -0.4 is 4.74 Å². The van der Waals surface area contributed by atoms with Crippen LogP contribution in [0.2, 0.25) is 0 Å². The first-order valence-corrected chi connectivity index (χ1v) is 6.79. The molecule has 0 aliphatic carbocycles. The molecule has 0 amide bonds.